The van der Waals surface area contributed by atoms with Gasteiger partial charge in [0, 0.05) is 25.6 Å². The summed E-state index contributed by atoms with van der Waals surface area (Å²) in [6.07, 6.45) is 2.91. The van der Waals surface area contributed by atoms with Crippen LogP contribution in [0.25, 0.3) is 0 Å². The molecule has 0 aliphatic carbocycles. The van der Waals surface area contributed by atoms with E-state index in [1.165, 1.54) is 0 Å². The summed E-state index contributed by atoms with van der Waals surface area (Å²) in [7, 11) is 0. The van der Waals surface area contributed by atoms with Gasteiger partial charge >= 0.3 is 0 Å². The Balaban J connectivity index is 1.63. The topological polar surface area (TPSA) is 64.8 Å². The lowest BCUT2D eigenvalue weighted by atomic mass is 10.0. The summed E-state index contributed by atoms with van der Waals surface area (Å²) in [5, 5.41) is 0. The molecular formula is C16H22N2O3. The van der Waals surface area contributed by atoms with Crippen molar-refractivity contribution in [2.24, 2.45) is 11.7 Å². The second-order valence-corrected chi connectivity index (χ2v) is 5.88. The van der Waals surface area contributed by atoms with E-state index < -0.39 is 0 Å². The van der Waals surface area contributed by atoms with Crippen molar-refractivity contribution < 1.29 is 14.3 Å². The highest BCUT2D eigenvalue weighted by atomic mass is 16.7. The second-order valence-electron chi connectivity index (χ2n) is 5.88. The molecule has 2 aliphatic heterocycles. The van der Waals surface area contributed by atoms with Gasteiger partial charge in [-0.2, -0.15) is 0 Å². The van der Waals surface area contributed by atoms with Crippen LogP contribution in [0.2, 0.25) is 0 Å². The Labute approximate surface area is 125 Å². The van der Waals surface area contributed by atoms with Crippen LogP contribution < -0.4 is 15.2 Å². The number of carbonyl (C=O) groups excluding carboxylic acids is 1. The first-order valence-electron chi connectivity index (χ1n) is 7.60. The molecule has 2 atom stereocenters. The van der Waals surface area contributed by atoms with Gasteiger partial charge < -0.3 is 20.1 Å². The zero-order chi connectivity index (χ0) is 14.8. The molecule has 0 bridgehead atoms. The zero-order valence-corrected chi connectivity index (χ0v) is 12.4. The predicted octanol–water partition coefficient (Wildman–Crippen LogP) is 2.06. The Morgan fingerprint density at radius 3 is 3.00 bits per heavy atom. The molecule has 5 nitrogen and oxygen atoms in total. The highest BCUT2D eigenvalue weighted by Crippen LogP contribution is 2.34. The largest absolute Gasteiger partial charge is 0.454 e. The van der Waals surface area contributed by atoms with Gasteiger partial charge in [0.1, 0.15) is 0 Å². The Bertz CT molecular complexity index is 532. The number of ether oxygens (including phenoxy) is 2. The van der Waals surface area contributed by atoms with Crippen LogP contribution in [0.15, 0.2) is 18.2 Å². The highest BCUT2D eigenvalue weighted by Gasteiger charge is 2.30. The summed E-state index contributed by atoms with van der Waals surface area (Å²) in [5.74, 6) is 2.21. The molecule has 1 aromatic rings. The smallest absolute Gasteiger partial charge is 0.231 e. The van der Waals surface area contributed by atoms with Gasteiger partial charge in [-0.15, -0.1) is 0 Å². The van der Waals surface area contributed by atoms with Crippen LogP contribution in [0.4, 0.5) is 0 Å². The fourth-order valence-corrected chi connectivity index (χ4v) is 3.12. The van der Waals surface area contributed by atoms with E-state index in [9.17, 15) is 4.79 Å². The number of likely N-dealkylation sites (tertiary alicyclic amines) is 1. The van der Waals surface area contributed by atoms with Gasteiger partial charge in [0.2, 0.25) is 12.7 Å². The van der Waals surface area contributed by atoms with Crippen molar-refractivity contribution in [1.29, 1.82) is 0 Å². The lowest BCUT2D eigenvalue weighted by Gasteiger charge is -2.21. The van der Waals surface area contributed by atoms with Crippen LogP contribution in [-0.2, 0) is 4.79 Å². The number of nitrogens with zero attached hydrogens (tertiary/aromatic N) is 1. The molecule has 2 aliphatic rings. The van der Waals surface area contributed by atoms with Gasteiger partial charge in [0.25, 0.3) is 0 Å². The van der Waals surface area contributed by atoms with E-state index in [1.807, 2.05) is 23.1 Å². The molecule has 0 aromatic heterocycles. The third kappa shape index (κ3) is 2.97. The normalized spacial score (nSPS) is 21.9. The molecule has 1 aromatic carbocycles. The van der Waals surface area contributed by atoms with Crippen LogP contribution in [0.5, 0.6) is 11.5 Å². The van der Waals surface area contributed by atoms with Crippen LogP contribution in [-0.4, -0.2) is 30.7 Å². The number of hydrogen-bond acceptors (Lipinski definition) is 4. The fraction of sp³-hybridized carbons (Fsp3) is 0.562. The molecule has 21 heavy (non-hydrogen) atoms. The Hall–Kier alpha value is -1.75. The van der Waals surface area contributed by atoms with E-state index in [0.29, 0.717) is 18.9 Å². The van der Waals surface area contributed by atoms with Crippen molar-refractivity contribution in [1.82, 2.24) is 4.90 Å². The number of carbonyl (C=O) groups is 1. The van der Waals surface area contributed by atoms with Crippen molar-refractivity contribution in [2.75, 3.05) is 19.9 Å². The molecule has 3 rings (SSSR count). The van der Waals surface area contributed by atoms with E-state index in [4.69, 9.17) is 15.2 Å². The third-order valence-electron chi connectivity index (χ3n) is 4.23. The molecule has 2 unspecified atom stereocenters. The zero-order valence-electron chi connectivity index (χ0n) is 12.4. The molecule has 0 saturated carbocycles. The third-order valence-corrected chi connectivity index (χ3v) is 4.23. The van der Waals surface area contributed by atoms with Crippen molar-refractivity contribution >= 4 is 5.91 Å². The van der Waals surface area contributed by atoms with Gasteiger partial charge in [0.05, 0.1) is 0 Å². The highest BCUT2D eigenvalue weighted by molar-refractivity contribution is 5.78. The summed E-state index contributed by atoms with van der Waals surface area (Å²) in [5.41, 5.74) is 7.24. The fourth-order valence-electron chi connectivity index (χ4n) is 3.12. The summed E-state index contributed by atoms with van der Waals surface area (Å²) in [4.78, 5) is 13.9. The number of hydrogen-bond donors (Lipinski definition) is 1. The van der Waals surface area contributed by atoms with E-state index in [2.05, 4.69) is 6.92 Å². The first kappa shape index (κ1) is 14.2. The average molecular weight is 290 g/mol. The number of amides is 1. The Kier molecular flexibility index (Phi) is 4.01. The van der Waals surface area contributed by atoms with Crippen LogP contribution >= 0.6 is 0 Å². The van der Waals surface area contributed by atoms with Gasteiger partial charge in [-0.1, -0.05) is 19.4 Å². The van der Waals surface area contributed by atoms with Gasteiger partial charge in [0.15, 0.2) is 11.5 Å². The number of fused-ring (bicyclic) bond motifs is 1. The predicted molar refractivity (Wildman–Crippen MR) is 79.1 cm³/mol. The second kappa shape index (κ2) is 5.93. The number of nitrogens with two attached hydrogens (primary N) is 1. The summed E-state index contributed by atoms with van der Waals surface area (Å²) < 4.78 is 10.7. The van der Waals surface area contributed by atoms with Crippen LogP contribution in [0.3, 0.4) is 0 Å². The Morgan fingerprint density at radius 1 is 1.38 bits per heavy atom. The van der Waals surface area contributed by atoms with E-state index in [1.54, 1.807) is 0 Å². The standard InChI is InChI=1S/C16H22N2O3/c1-2-3-11-6-16(19)18(8-11)9-13(17)12-4-5-14-15(7-12)21-10-20-14/h4-5,7,11,13H,2-3,6,8-10,17H2,1H3. The van der Waals surface area contributed by atoms with Crippen molar-refractivity contribution in [2.45, 2.75) is 32.2 Å². The first-order chi connectivity index (χ1) is 10.2. The van der Waals surface area contributed by atoms with Gasteiger partial charge in [-0.25, -0.2) is 0 Å². The lowest BCUT2D eigenvalue weighted by Crippen LogP contribution is -2.33. The molecule has 2 N–H and O–H groups in total. The van der Waals surface area contributed by atoms with Gasteiger partial charge in [-0.3, -0.25) is 4.79 Å². The minimum Gasteiger partial charge on any atom is -0.454 e. The van der Waals surface area contributed by atoms with Crippen LogP contribution in [0.1, 0.15) is 37.8 Å². The molecule has 5 heteroatoms. The van der Waals surface area contributed by atoms with Crippen LogP contribution in [0, 0.1) is 5.92 Å². The number of rotatable bonds is 5. The molecule has 1 fully saturated rings. The molecule has 0 radical (unpaired) electrons. The molecule has 114 valence electrons. The number of benzene rings is 1. The maximum atomic E-state index is 12.0. The summed E-state index contributed by atoms with van der Waals surface area (Å²) in [6.45, 7) is 3.83. The van der Waals surface area contributed by atoms with Crippen molar-refractivity contribution in [3.8, 4) is 11.5 Å². The SMILES string of the molecule is CCCC1CC(=O)N(CC(N)c2ccc3c(c2)OCO3)C1. The first-order valence-corrected chi connectivity index (χ1v) is 7.60. The molecule has 1 amide bonds. The lowest BCUT2D eigenvalue weighted by molar-refractivity contribution is -0.127. The monoisotopic (exact) mass is 290 g/mol. The van der Waals surface area contributed by atoms with E-state index >= 15 is 0 Å². The molecular weight excluding hydrogens is 268 g/mol. The summed E-state index contributed by atoms with van der Waals surface area (Å²) in [6, 6.07) is 5.55. The molecule has 0 spiro atoms. The van der Waals surface area contributed by atoms with Gasteiger partial charge in [-0.05, 0) is 30.0 Å². The average Bonchev–Trinajstić information content (AvgIpc) is 3.05. The summed E-state index contributed by atoms with van der Waals surface area (Å²) >= 11 is 0. The molecule has 1 saturated heterocycles. The maximum Gasteiger partial charge on any atom is 0.231 e. The maximum absolute atomic E-state index is 12.0. The van der Waals surface area contributed by atoms with E-state index in [-0.39, 0.29) is 18.7 Å². The minimum absolute atomic E-state index is 0.191. The quantitative estimate of drug-likeness (QED) is 0.901. The van der Waals surface area contributed by atoms with Crippen molar-refractivity contribution in [3.63, 3.8) is 0 Å². The minimum atomic E-state index is -0.191. The van der Waals surface area contributed by atoms with Crippen molar-refractivity contribution in [3.05, 3.63) is 23.8 Å². The Morgan fingerprint density at radius 2 is 2.19 bits per heavy atom. The molecule has 2 heterocycles. The van der Waals surface area contributed by atoms with E-state index in [0.717, 1.165) is 36.4 Å².